The summed E-state index contributed by atoms with van der Waals surface area (Å²) in [5.74, 6) is -0.643. The Morgan fingerprint density at radius 2 is 2.15 bits per heavy atom. The van der Waals surface area contributed by atoms with Crippen LogP contribution >= 0.6 is 0 Å². The summed E-state index contributed by atoms with van der Waals surface area (Å²) >= 11 is 0. The van der Waals surface area contributed by atoms with Crippen LogP contribution in [0.25, 0.3) is 0 Å². The van der Waals surface area contributed by atoms with Crippen molar-refractivity contribution in [2.75, 3.05) is 18.4 Å². The largest absolute Gasteiger partial charge is 0.384 e. The van der Waals surface area contributed by atoms with E-state index in [0.717, 1.165) is 5.69 Å². The zero-order valence-corrected chi connectivity index (χ0v) is 14.1. The highest BCUT2D eigenvalue weighted by Crippen LogP contribution is 2.30. The Kier molecular flexibility index (Phi) is 5.01. The van der Waals surface area contributed by atoms with Crippen molar-refractivity contribution in [1.29, 1.82) is 5.41 Å². The number of hydrogen-bond acceptors (Lipinski definition) is 5. The number of β-amino-alcohol motifs (C(OH)–C–C–N with tert-alkyl or cyclic N) is 1. The maximum atomic E-state index is 13.6. The molecule has 136 valence electrons. The lowest BCUT2D eigenvalue weighted by Crippen LogP contribution is -2.48. The number of nitrogens with one attached hydrogen (secondary N) is 3. The van der Waals surface area contributed by atoms with Crippen LogP contribution in [0.5, 0.6) is 0 Å². The van der Waals surface area contributed by atoms with Gasteiger partial charge >= 0.3 is 0 Å². The lowest BCUT2D eigenvalue weighted by atomic mass is 9.86. The molecule has 0 saturated carbocycles. The van der Waals surface area contributed by atoms with Gasteiger partial charge in [0.15, 0.2) is 0 Å². The fraction of sp³-hybridized carbons (Fsp3) is 0.263. The Morgan fingerprint density at radius 1 is 1.42 bits per heavy atom. The van der Waals surface area contributed by atoms with Gasteiger partial charge in [-0.3, -0.25) is 10.2 Å². The van der Waals surface area contributed by atoms with Gasteiger partial charge in [0.25, 0.3) is 5.91 Å². The smallest absolute Gasteiger partial charge is 0.250 e. The van der Waals surface area contributed by atoms with E-state index in [4.69, 9.17) is 11.1 Å². The molecule has 1 aromatic carbocycles. The maximum absolute atomic E-state index is 13.6. The third kappa shape index (κ3) is 3.74. The molecule has 7 heteroatoms. The summed E-state index contributed by atoms with van der Waals surface area (Å²) < 4.78 is 13.6. The number of rotatable bonds is 4. The molecular weight excluding hydrogens is 335 g/mol. The van der Waals surface area contributed by atoms with Crippen LogP contribution in [0.1, 0.15) is 12.0 Å². The fourth-order valence-corrected chi connectivity index (χ4v) is 3.10. The summed E-state index contributed by atoms with van der Waals surface area (Å²) in [7, 11) is 0. The minimum absolute atomic E-state index is 0.0562. The van der Waals surface area contributed by atoms with Crippen molar-refractivity contribution in [2.24, 2.45) is 5.73 Å². The number of nitrogens with two attached hydrogens (primary N) is 1. The number of hydrogen-bond donors (Lipinski definition) is 5. The van der Waals surface area contributed by atoms with Gasteiger partial charge < -0.3 is 21.5 Å². The van der Waals surface area contributed by atoms with E-state index in [2.05, 4.69) is 10.6 Å². The van der Waals surface area contributed by atoms with E-state index < -0.39 is 17.7 Å². The molecule has 6 N–H and O–H groups in total. The number of piperidine rings is 1. The van der Waals surface area contributed by atoms with Crippen LogP contribution in [-0.2, 0) is 10.4 Å². The number of carbonyl (C=O) groups excluding carboxylic acids is 1. The van der Waals surface area contributed by atoms with Crippen molar-refractivity contribution in [3.05, 3.63) is 65.4 Å². The first-order chi connectivity index (χ1) is 12.4. The molecule has 1 saturated heterocycles. The van der Waals surface area contributed by atoms with Crippen LogP contribution in [0.2, 0.25) is 0 Å². The van der Waals surface area contributed by atoms with Crippen molar-refractivity contribution in [3.63, 3.8) is 0 Å². The third-order valence-electron chi connectivity index (χ3n) is 4.52. The van der Waals surface area contributed by atoms with Crippen LogP contribution < -0.4 is 16.4 Å². The summed E-state index contributed by atoms with van der Waals surface area (Å²) in [6.07, 6.45) is 5.47. The average Bonchev–Trinajstić information content (AvgIpc) is 2.61. The quantitative estimate of drug-likeness (QED) is 0.563. The van der Waals surface area contributed by atoms with Crippen LogP contribution in [0.4, 0.5) is 10.1 Å². The lowest BCUT2D eigenvalue weighted by molar-refractivity contribution is -0.114. The summed E-state index contributed by atoms with van der Waals surface area (Å²) in [5, 5.41) is 24.6. The molecule has 1 aliphatic carbocycles. The predicted molar refractivity (Wildman–Crippen MR) is 98.6 cm³/mol. The normalized spacial score (nSPS) is 27.3. The number of carbonyl (C=O) groups is 1. The van der Waals surface area contributed by atoms with E-state index in [1.54, 1.807) is 42.6 Å². The number of anilines is 1. The second-order valence-electron chi connectivity index (χ2n) is 6.46. The van der Waals surface area contributed by atoms with E-state index in [1.165, 1.54) is 6.08 Å². The second kappa shape index (κ2) is 7.23. The number of allylic oxidation sites excluding steroid dienone is 4. The van der Waals surface area contributed by atoms with Crippen LogP contribution in [0, 0.1) is 5.41 Å². The van der Waals surface area contributed by atoms with Gasteiger partial charge in [-0.25, -0.2) is 4.39 Å². The number of primary amides is 1. The highest BCUT2D eigenvalue weighted by Gasteiger charge is 2.35. The Labute approximate surface area is 150 Å². The van der Waals surface area contributed by atoms with E-state index >= 15 is 0 Å². The minimum atomic E-state index is -1.22. The molecule has 2 unspecified atom stereocenters. The molecule has 1 aromatic rings. The van der Waals surface area contributed by atoms with E-state index in [9.17, 15) is 14.3 Å². The summed E-state index contributed by atoms with van der Waals surface area (Å²) in [6.45, 7) is 0.575. The lowest BCUT2D eigenvalue weighted by Gasteiger charge is -2.35. The first kappa shape index (κ1) is 18.0. The zero-order chi connectivity index (χ0) is 18.7. The Bertz CT molecular complexity index is 813. The molecule has 1 amide bonds. The van der Waals surface area contributed by atoms with Crippen molar-refractivity contribution in [1.82, 2.24) is 5.32 Å². The van der Waals surface area contributed by atoms with Gasteiger partial charge in [-0.15, -0.1) is 0 Å². The van der Waals surface area contributed by atoms with Gasteiger partial charge in [0.1, 0.15) is 11.8 Å². The molecule has 3 rings (SSSR count). The van der Waals surface area contributed by atoms with Gasteiger partial charge in [-0.05, 0) is 23.8 Å². The van der Waals surface area contributed by atoms with Crippen molar-refractivity contribution < 1.29 is 14.3 Å². The predicted octanol–water partition coefficient (Wildman–Crippen LogP) is 1.50. The molecular formula is C19H21FN4O2. The van der Waals surface area contributed by atoms with E-state index in [0.29, 0.717) is 17.7 Å². The molecule has 2 aliphatic rings. The number of alkyl halides is 1. The zero-order valence-electron chi connectivity index (χ0n) is 14.1. The summed E-state index contributed by atoms with van der Waals surface area (Å²) in [5.41, 5.74) is 6.16. The number of halogens is 1. The number of benzene rings is 1. The first-order valence-corrected chi connectivity index (χ1v) is 8.31. The Hall–Kier alpha value is -2.77. The molecule has 0 bridgehead atoms. The molecule has 0 spiro atoms. The highest BCUT2D eigenvalue weighted by molar-refractivity contribution is 6.28. The number of aliphatic hydroxyl groups is 1. The molecule has 1 heterocycles. The number of amides is 1. The van der Waals surface area contributed by atoms with Gasteiger partial charge in [0, 0.05) is 37.0 Å². The maximum Gasteiger partial charge on any atom is 0.250 e. The van der Waals surface area contributed by atoms with Gasteiger partial charge in [-0.2, -0.15) is 0 Å². The highest BCUT2D eigenvalue weighted by atomic mass is 19.1. The molecule has 26 heavy (non-hydrogen) atoms. The molecule has 6 nitrogen and oxygen atoms in total. The third-order valence-corrected chi connectivity index (χ3v) is 4.52. The SMILES string of the molecule is N=C1C(C(N)=O)=CC=C/C1=C/Nc1ccc(C2(O)CNCC(F)C2)cc1. The second-order valence-corrected chi connectivity index (χ2v) is 6.46. The van der Waals surface area contributed by atoms with Gasteiger partial charge in [-0.1, -0.05) is 24.3 Å². The van der Waals surface area contributed by atoms with Gasteiger partial charge in [0.05, 0.1) is 11.3 Å². The monoisotopic (exact) mass is 356 g/mol. The fourth-order valence-electron chi connectivity index (χ4n) is 3.10. The first-order valence-electron chi connectivity index (χ1n) is 8.31. The van der Waals surface area contributed by atoms with E-state index in [1.807, 2.05) is 0 Å². The van der Waals surface area contributed by atoms with Crippen molar-refractivity contribution in [2.45, 2.75) is 18.2 Å². The van der Waals surface area contributed by atoms with Crippen LogP contribution in [-0.4, -0.2) is 36.0 Å². The van der Waals surface area contributed by atoms with Crippen LogP contribution in [0.3, 0.4) is 0 Å². The van der Waals surface area contributed by atoms with Crippen LogP contribution in [0.15, 0.2) is 59.8 Å². The van der Waals surface area contributed by atoms with Crippen molar-refractivity contribution in [3.8, 4) is 0 Å². The standard InChI is InChI=1S/C19H21FN4O2/c20-14-8-19(26,11-23-10-14)13-4-6-15(7-5-13)24-9-12-2-1-3-16(17(12)21)18(22)25/h1-7,9,14,21,23-24,26H,8,10-11H2,(H2,22,25)/b12-9-,21-17?. The van der Waals surface area contributed by atoms with Crippen molar-refractivity contribution >= 4 is 17.3 Å². The summed E-state index contributed by atoms with van der Waals surface area (Å²) in [4.78, 5) is 11.3. The molecule has 2 atom stereocenters. The topological polar surface area (TPSA) is 111 Å². The summed E-state index contributed by atoms with van der Waals surface area (Å²) in [6, 6.07) is 7.04. The molecule has 1 aliphatic heterocycles. The minimum Gasteiger partial charge on any atom is -0.384 e. The molecule has 0 radical (unpaired) electrons. The van der Waals surface area contributed by atoms with Gasteiger partial charge in [0.2, 0.25) is 0 Å². The average molecular weight is 356 g/mol. The Morgan fingerprint density at radius 3 is 2.81 bits per heavy atom. The molecule has 1 fully saturated rings. The molecule has 0 aromatic heterocycles. The van der Waals surface area contributed by atoms with E-state index in [-0.39, 0.29) is 24.3 Å². The Balaban J connectivity index is 1.70.